The number of hydrogen-bond donors (Lipinski definition) is 2. The minimum atomic E-state index is -0.924. The number of carbonyl (C=O) groups is 1. The van der Waals surface area contributed by atoms with Crippen molar-refractivity contribution in [2.45, 2.75) is 57.7 Å². The summed E-state index contributed by atoms with van der Waals surface area (Å²) >= 11 is 0. The highest BCUT2D eigenvalue weighted by Crippen LogP contribution is 2.34. The van der Waals surface area contributed by atoms with Gasteiger partial charge >= 0.3 is 5.97 Å². The van der Waals surface area contributed by atoms with Crippen LogP contribution in [0, 0.1) is 0 Å². The van der Waals surface area contributed by atoms with Crippen LogP contribution in [0.15, 0.2) is 48.5 Å². The second-order valence-corrected chi connectivity index (χ2v) is 8.35. The van der Waals surface area contributed by atoms with Gasteiger partial charge < -0.3 is 24.8 Å². The number of hydrogen-bond acceptors (Lipinski definition) is 5. The number of benzene rings is 2. The van der Waals surface area contributed by atoms with Crippen molar-refractivity contribution in [3.8, 4) is 5.75 Å². The summed E-state index contributed by atoms with van der Waals surface area (Å²) in [6.45, 7) is 6.95. The molecule has 2 unspecified atom stereocenters. The van der Waals surface area contributed by atoms with Crippen LogP contribution in [0.1, 0.15) is 51.0 Å². The molecule has 0 amide bonds. The fourth-order valence-corrected chi connectivity index (χ4v) is 4.48. The largest absolute Gasteiger partial charge is 0.486 e. The highest BCUT2D eigenvalue weighted by atomic mass is 16.5. The van der Waals surface area contributed by atoms with Gasteiger partial charge in [-0.15, -0.1) is 0 Å². The molecule has 0 bridgehead atoms. The van der Waals surface area contributed by atoms with E-state index in [0.29, 0.717) is 6.42 Å². The van der Waals surface area contributed by atoms with Crippen LogP contribution in [-0.4, -0.2) is 50.0 Å². The average Bonchev–Trinajstić information content (AvgIpc) is 2.80. The number of carboxylic acids is 1. The first kappa shape index (κ1) is 23.9. The lowest BCUT2D eigenvalue weighted by atomic mass is 9.90. The zero-order valence-electron chi connectivity index (χ0n) is 19.4. The van der Waals surface area contributed by atoms with Crippen molar-refractivity contribution < 1.29 is 19.4 Å². The van der Waals surface area contributed by atoms with Gasteiger partial charge in [-0.1, -0.05) is 44.5 Å². The topological polar surface area (TPSA) is 71.0 Å². The molecule has 2 N–H and O–H groups in total. The predicted molar refractivity (Wildman–Crippen MR) is 129 cm³/mol. The molecule has 3 atom stereocenters. The van der Waals surface area contributed by atoms with Crippen molar-refractivity contribution in [2.24, 2.45) is 0 Å². The summed E-state index contributed by atoms with van der Waals surface area (Å²) in [7, 11) is 1.45. The molecule has 1 aliphatic rings. The lowest BCUT2D eigenvalue weighted by Crippen LogP contribution is -2.40. The molecule has 0 saturated heterocycles. The molecule has 0 aromatic heterocycles. The number of aliphatic carboxylic acids is 1. The maximum Gasteiger partial charge on any atom is 0.333 e. The normalized spacial score (nSPS) is 17.2. The van der Waals surface area contributed by atoms with E-state index >= 15 is 0 Å². The number of methoxy groups -OCH3 is 1. The van der Waals surface area contributed by atoms with Gasteiger partial charge in [0, 0.05) is 31.8 Å². The van der Waals surface area contributed by atoms with Gasteiger partial charge in [0.1, 0.15) is 11.9 Å². The molecular formula is C26H36N2O4. The van der Waals surface area contributed by atoms with E-state index in [0.717, 1.165) is 55.9 Å². The zero-order chi connectivity index (χ0) is 22.9. The highest BCUT2D eigenvalue weighted by molar-refractivity contribution is 5.74. The van der Waals surface area contributed by atoms with Gasteiger partial charge in [-0.3, -0.25) is 0 Å². The van der Waals surface area contributed by atoms with Crippen LogP contribution >= 0.6 is 0 Å². The second kappa shape index (κ2) is 11.8. The first-order chi connectivity index (χ1) is 15.6. The quantitative estimate of drug-likeness (QED) is 0.445. The van der Waals surface area contributed by atoms with Gasteiger partial charge in [-0.05, 0) is 49.1 Å². The summed E-state index contributed by atoms with van der Waals surface area (Å²) in [5, 5.41) is 12.9. The van der Waals surface area contributed by atoms with E-state index in [1.54, 1.807) is 0 Å². The SMILES string of the molecule is CCCC1CN(CCCNc2ccc(C(CC)[C@H](OC)C(=O)O)cc2)c2ccccc2O1. The van der Waals surface area contributed by atoms with Gasteiger partial charge in [0.2, 0.25) is 0 Å². The Balaban J connectivity index is 1.53. The van der Waals surface area contributed by atoms with Crippen LogP contribution in [0.5, 0.6) is 5.75 Å². The van der Waals surface area contributed by atoms with Crippen LogP contribution in [-0.2, 0) is 9.53 Å². The van der Waals surface area contributed by atoms with E-state index in [1.165, 1.54) is 12.8 Å². The molecule has 0 radical (unpaired) electrons. The first-order valence-corrected chi connectivity index (χ1v) is 11.7. The number of nitrogens with one attached hydrogen (secondary N) is 1. The Bertz CT molecular complexity index is 855. The fourth-order valence-electron chi connectivity index (χ4n) is 4.48. The highest BCUT2D eigenvalue weighted by Gasteiger charge is 2.28. The van der Waals surface area contributed by atoms with Crippen LogP contribution in [0.2, 0.25) is 0 Å². The molecule has 6 nitrogen and oxygen atoms in total. The first-order valence-electron chi connectivity index (χ1n) is 11.7. The van der Waals surface area contributed by atoms with Crippen molar-refractivity contribution in [1.82, 2.24) is 0 Å². The number of rotatable bonds is 12. The fraction of sp³-hybridized carbons (Fsp3) is 0.500. The summed E-state index contributed by atoms with van der Waals surface area (Å²) in [6.07, 6.45) is 3.33. The van der Waals surface area contributed by atoms with Gasteiger partial charge in [0.15, 0.2) is 6.10 Å². The monoisotopic (exact) mass is 440 g/mol. The second-order valence-electron chi connectivity index (χ2n) is 8.35. The van der Waals surface area contributed by atoms with Gasteiger partial charge in [-0.25, -0.2) is 4.79 Å². The Labute approximate surface area is 191 Å². The van der Waals surface area contributed by atoms with E-state index in [1.807, 2.05) is 37.3 Å². The van der Waals surface area contributed by atoms with Crippen molar-refractivity contribution in [2.75, 3.05) is 37.0 Å². The molecular weight excluding hydrogens is 404 g/mol. The average molecular weight is 441 g/mol. The smallest absolute Gasteiger partial charge is 0.333 e. The Morgan fingerprint density at radius 2 is 1.97 bits per heavy atom. The number of anilines is 2. The number of fused-ring (bicyclic) bond motifs is 1. The lowest BCUT2D eigenvalue weighted by Gasteiger charge is -2.36. The molecule has 0 aliphatic carbocycles. The summed E-state index contributed by atoms with van der Waals surface area (Å²) in [4.78, 5) is 13.9. The van der Waals surface area contributed by atoms with Crippen molar-refractivity contribution in [1.29, 1.82) is 0 Å². The van der Waals surface area contributed by atoms with Crippen molar-refractivity contribution in [3.05, 3.63) is 54.1 Å². The Hall–Kier alpha value is -2.73. The minimum Gasteiger partial charge on any atom is -0.486 e. The third kappa shape index (κ3) is 5.94. The van der Waals surface area contributed by atoms with Crippen molar-refractivity contribution in [3.63, 3.8) is 0 Å². The van der Waals surface area contributed by atoms with Crippen LogP contribution in [0.4, 0.5) is 11.4 Å². The molecule has 32 heavy (non-hydrogen) atoms. The van der Waals surface area contributed by atoms with E-state index in [4.69, 9.17) is 9.47 Å². The maximum atomic E-state index is 11.5. The van der Waals surface area contributed by atoms with E-state index in [9.17, 15) is 9.90 Å². The standard InChI is InChI=1S/C26H36N2O4/c1-4-9-21-18-28(23-10-6-7-11-24(23)32-21)17-8-16-27-20-14-12-19(13-15-20)22(5-2)25(31-3)26(29)30/h6-7,10-15,21-22,25,27H,4-5,8-9,16-18H2,1-3H3,(H,29,30)/t21?,22?,25-/m0/s1. The third-order valence-corrected chi connectivity index (χ3v) is 6.11. The number of nitrogens with zero attached hydrogens (tertiary/aromatic N) is 1. The van der Waals surface area contributed by atoms with Crippen LogP contribution in [0.3, 0.4) is 0 Å². The molecule has 2 aromatic carbocycles. The summed E-state index contributed by atoms with van der Waals surface area (Å²) in [6, 6.07) is 16.3. The van der Waals surface area contributed by atoms with E-state index in [2.05, 4.69) is 35.3 Å². The third-order valence-electron chi connectivity index (χ3n) is 6.11. The number of ether oxygens (including phenoxy) is 2. The summed E-state index contributed by atoms with van der Waals surface area (Å²) < 4.78 is 11.4. The minimum absolute atomic E-state index is 0.163. The number of carboxylic acid groups (broad SMARTS) is 1. The summed E-state index contributed by atoms with van der Waals surface area (Å²) in [5.74, 6) is -0.0987. The van der Waals surface area contributed by atoms with Crippen molar-refractivity contribution >= 4 is 17.3 Å². The van der Waals surface area contributed by atoms with Gasteiger partial charge in [0.25, 0.3) is 0 Å². The van der Waals surface area contributed by atoms with Crippen LogP contribution in [0.25, 0.3) is 0 Å². The molecule has 0 spiro atoms. The van der Waals surface area contributed by atoms with E-state index in [-0.39, 0.29) is 12.0 Å². The lowest BCUT2D eigenvalue weighted by molar-refractivity contribution is -0.150. The molecule has 1 aliphatic heterocycles. The van der Waals surface area contributed by atoms with E-state index < -0.39 is 12.1 Å². The van der Waals surface area contributed by atoms with Gasteiger partial charge in [0.05, 0.1) is 12.2 Å². The summed E-state index contributed by atoms with van der Waals surface area (Å²) in [5.41, 5.74) is 3.21. The molecule has 1 heterocycles. The Kier molecular flexibility index (Phi) is 8.80. The molecule has 3 rings (SSSR count). The molecule has 0 saturated carbocycles. The van der Waals surface area contributed by atoms with Crippen LogP contribution < -0.4 is 15.0 Å². The maximum absolute atomic E-state index is 11.5. The molecule has 6 heteroatoms. The molecule has 0 fully saturated rings. The predicted octanol–water partition coefficient (Wildman–Crippen LogP) is 5.15. The Morgan fingerprint density at radius 3 is 2.62 bits per heavy atom. The number of para-hydroxylation sites is 2. The van der Waals surface area contributed by atoms with Gasteiger partial charge in [-0.2, -0.15) is 0 Å². The zero-order valence-corrected chi connectivity index (χ0v) is 19.4. The molecule has 2 aromatic rings. The molecule has 174 valence electrons. The Morgan fingerprint density at radius 1 is 1.22 bits per heavy atom.